The van der Waals surface area contributed by atoms with Gasteiger partial charge in [-0.1, -0.05) is 24.1 Å². The Morgan fingerprint density at radius 2 is 2.15 bits per heavy atom. The van der Waals surface area contributed by atoms with Gasteiger partial charge in [-0.2, -0.15) is 0 Å². The van der Waals surface area contributed by atoms with E-state index in [2.05, 4.69) is 21.8 Å². The maximum absolute atomic E-state index is 13.6. The Labute approximate surface area is 116 Å². The van der Waals surface area contributed by atoms with Gasteiger partial charge >= 0.3 is 0 Å². The van der Waals surface area contributed by atoms with Crippen LogP contribution in [0, 0.1) is 17.7 Å². The molecular weight excluding hydrogens is 259 g/mol. The lowest BCUT2D eigenvalue weighted by Gasteiger charge is -2.11. The van der Waals surface area contributed by atoms with Crippen LogP contribution < -0.4 is 4.74 Å². The van der Waals surface area contributed by atoms with Crippen molar-refractivity contribution in [3.05, 3.63) is 53.7 Å². The van der Waals surface area contributed by atoms with Gasteiger partial charge in [0.15, 0.2) is 6.61 Å². The van der Waals surface area contributed by atoms with E-state index in [0.29, 0.717) is 0 Å². The largest absolute Gasteiger partial charge is 0.464 e. The molecule has 1 aromatic carbocycles. The number of aliphatic hydroxyl groups is 1. The summed E-state index contributed by atoms with van der Waals surface area (Å²) in [6.07, 6.45) is 0.0903. The summed E-state index contributed by atoms with van der Waals surface area (Å²) in [5, 5.41) is 10.2. The van der Waals surface area contributed by atoms with E-state index in [1.54, 1.807) is 19.1 Å². The number of hydrogen-bond acceptors (Lipinski definition) is 4. The van der Waals surface area contributed by atoms with Crippen molar-refractivity contribution in [1.29, 1.82) is 0 Å². The van der Waals surface area contributed by atoms with Crippen LogP contribution >= 0.6 is 0 Å². The third kappa shape index (κ3) is 3.31. The minimum atomic E-state index is -1.17. The molecule has 4 nitrogen and oxygen atoms in total. The van der Waals surface area contributed by atoms with E-state index in [0.717, 1.165) is 0 Å². The van der Waals surface area contributed by atoms with Gasteiger partial charge in [0.25, 0.3) is 0 Å². The van der Waals surface area contributed by atoms with Crippen LogP contribution in [0.3, 0.4) is 0 Å². The normalized spacial score (nSPS) is 11.3. The molecule has 0 aliphatic heterocycles. The summed E-state index contributed by atoms with van der Waals surface area (Å²) < 4.78 is 18.9. The second kappa shape index (κ2) is 6.64. The summed E-state index contributed by atoms with van der Waals surface area (Å²) in [6.45, 7) is 1.90. The molecule has 0 saturated carbocycles. The van der Waals surface area contributed by atoms with Gasteiger partial charge in [-0.25, -0.2) is 14.4 Å². The van der Waals surface area contributed by atoms with Gasteiger partial charge < -0.3 is 9.84 Å². The SMILES string of the molecule is CC#CCOc1cc(C(O)c2ccccc2F)ncn1. The first kappa shape index (κ1) is 14.0. The summed E-state index contributed by atoms with van der Waals surface area (Å²) in [6, 6.07) is 7.47. The molecule has 1 atom stereocenters. The van der Waals surface area contributed by atoms with Crippen LogP contribution in [0.5, 0.6) is 5.88 Å². The molecule has 20 heavy (non-hydrogen) atoms. The van der Waals surface area contributed by atoms with Crippen LogP contribution in [0.25, 0.3) is 0 Å². The van der Waals surface area contributed by atoms with E-state index in [9.17, 15) is 9.50 Å². The molecule has 0 aliphatic carbocycles. The van der Waals surface area contributed by atoms with Crippen LogP contribution in [-0.2, 0) is 0 Å². The van der Waals surface area contributed by atoms with Gasteiger partial charge in [0.2, 0.25) is 5.88 Å². The number of halogens is 1. The van der Waals surface area contributed by atoms with Crippen molar-refractivity contribution in [2.45, 2.75) is 13.0 Å². The van der Waals surface area contributed by atoms with Crippen molar-refractivity contribution < 1.29 is 14.2 Å². The van der Waals surface area contributed by atoms with Crippen LogP contribution in [0.2, 0.25) is 0 Å². The van der Waals surface area contributed by atoms with Crippen LogP contribution in [0.15, 0.2) is 36.7 Å². The standard InChI is InChI=1S/C15H13FN2O2/c1-2-3-8-20-14-9-13(17-10-18-14)15(19)11-6-4-5-7-12(11)16/h4-7,9-10,15,19H,8H2,1H3. The Balaban J connectivity index is 2.21. The van der Waals surface area contributed by atoms with Gasteiger partial charge in [-0.3, -0.25) is 0 Å². The molecule has 0 radical (unpaired) electrons. The van der Waals surface area contributed by atoms with Gasteiger partial charge in [0.1, 0.15) is 18.2 Å². The number of aliphatic hydroxyl groups excluding tert-OH is 1. The van der Waals surface area contributed by atoms with E-state index in [1.165, 1.54) is 24.5 Å². The Morgan fingerprint density at radius 1 is 1.35 bits per heavy atom. The second-order valence-corrected chi connectivity index (χ2v) is 3.92. The van der Waals surface area contributed by atoms with Gasteiger partial charge in [0, 0.05) is 11.6 Å². The molecule has 1 aromatic heterocycles. The highest BCUT2D eigenvalue weighted by Crippen LogP contribution is 2.23. The molecule has 2 aromatic rings. The fraction of sp³-hybridized carbons (Fsp3) is 0.200. The molecule has 0 saturated heterocycles. The van der Waals surface area contributed by atoms with Crippen molar-refractivity contribution in [2.24, 2.45) is 0 Å². The lowest BCUT2D eigenvalue weighted by molar-refractivity contribution is 0.209. The third-order valence-electron chi connectivity index (χ3n) is 2.61. The first-order valence-corrected chi connectivity index (χ1v) is 5.99. The molecule has 0 fully saturated rings. The predicted octanol–water partition coefficient (Wildman–Crippen LogP) is 2.10. The van der Waals surface area contributed by atoms with E-state index < -0.39 is 11.9 Å². The zero-order valence-corrected chi connectivity index (χ0v) is 10.9. The zero-order chi connectivity index (χ0) is 14.4. The maximum atomic E-state index is 13.6. The summed E-state index contributed by atoms with van der Waals surface area (Å²) in [4.78, 5) is 7.84. The quantitative estimate of drug-likeness (QED) is 0.866. The van der Waals surface area contributed by atoms with Crippen LogP contribution in [0.4, 0.5) is 4.39 Å². The second-order valence-electron chi connectivity index (χ2n) is 3.92. The molecule has 102 valence electrons. The first-order chi connectivity index (χ1) is 9.72. The van der Waals surface area contributed by atoms with Gasteiger partial charge in [-0.15, -0.1) is 5.92 Å². The predicted molar refractivity (Wildman–Crippen MR) is 71.4 cm³/mol. The lowest BCUT2D eigenvalue weighted by Crippen LogP contribution is -2.06. The van der Waals surface area contributed by atoms with Gasteiger partial charge in [-0.05, 0) is 13.0 Å². The molecule has 2 rings (SSSR count). The average molecular weight is 272 g/mol. The number of ether oxygens (including phenoxy) is 1. The highest BCUT2D eigenvalue weighted by Gasteiger charge is 2.16. The van der Waals surface area contributed by atoms with Gasteiger partial charge in [0.05, 0.1) is 5.69 Å². The van der Waals surface area contributed by atoms with E-state index in [4.69, 9.17) is 4.74 Å². The lowest BCUT2D eigenvalue weighted by atomic mass is 10.1. The van der Waals surface area contributed by atoms with E-state index >= 15 is 0 Å². The minimum Gasteiger partial charge on any atom is -0.464 e. The van der Waals surface area contributed by atoms with Crippen LogP contribution in [0.1, 0.15) is 24.3 Å². The Hall–Kier alpha value is -2.45. The number of rotatable bonds is 4. The number of nitrogens with zero attached hydrogens (tertiary/aromatic N) is 2. The minimum absolute atomic E-state index is 0.158. The highest BCUT2D eigenvalue weighted by atomic mass is 19.1. The molecule has 0 bridgehead atoms. The Morgan fingerprint density at radius 3 is 2.90 bits per heavy atom. The van der Waals surface area contributed by atoms with Crippen molar-refractivity contribution >= 4 is 0 Å². The summed E-state index contributed by atoms with van der Waals surface area (Å²) >= 11 is 0. The van der Waals surface area contributed by atoms with E-state index in [1.807, 2.05) is 0 Å². The first-order valence-electron chi connectivity index (χ1n) is 5.99. The molecule has 1 unspecified atom stereocenters. The number of hydrogen-bond donors (Lipinski definition) is 1. The molecule has 0 spiro atoms. The summed E-state index contributed by atoms with van der Waals surface area (Å²) in [5.41, 5.74) is 0.426. The molecule has 1 heterocycles. The summed E-state index contributed by atoms with van der Waals surface area (Å²) in [5.74, 6) is 5.22. The van der Waals surface area contributed by atoms with Crippen molar-refractivity contribution in [3.8, 4) is 17.7 Å². The fourth-order valence-electron chi connectivity index (χ4n) is 1.62. The Bertz CT molecular complexity index is 650. The number of aromatic nitrogens is 2. The fourth-order valence-corrected chi connectivity index (χ4v) is 1.62. The average Bonchev–Trinajstić information content (AvgIpc) is 2.48. The van der Waals surface area contributed by atoms with E-state index in [-0.39, 0.29) is 23.7 Å². The zero-order valence-electron chi connectivity index (χ0n) is 10.9. The monoisotopic (exact) mass is 272 g/mol. The molecule has 5 heteroatoms. The topological polar surface area (TPSA) is 55.2 Å². The van der Waals surface area contributed by atoms with Crippen LogP contribution in [-0.4, -0.2) is 21.7 Å². The maximum Gasteiger partial charge on any atom is 0.217 e. The Kier molecular flexibility index (Phi) is 4.64. The van der Waals surface area contributed by atoms with Crippen molar-refractivity contribution in [2.75, 3.05) is 6.61 Å². The molecule has 0 aliphatic rings. The third-order valence-corrected chi connectivity index (χ3v) is 2.61. The molecule has 0 amide bonds. The molecule has 1 N–H and O–H groups in total. The summed E-state index contributed by atoms with van der Waals surface area (Å²) in [7, 11) is 0. The number of benzene rings is 1. The van der Waals surface area contributed by atoms with Crippen molar-refractivity contribution in [1.82, 2.24) is 9.97 Å². The highest BCUT2D eigenvalue weighted by molar-refractivity contribution is 5.28. The molecular formula is C15H13FN2O2. The smallest absolute Gasteiger partial charge is 0.217 e. The van der Waals surface area contributed by atoms with Crippen molar-refractivity contribution in [3.63, 3.8) is 0 Å².